The number of nitrogen functional groups attached to an aromatic ring is 1. The molecule has 0 bridgehead atoms. The molecule has 0 saturated carbocycles. The number of benzene rings is 2. The molecule has 15 heavy (non-hydrogen) atoms. The second kappa shape index (κ2) is 2.70. The molecule has 0 spiro atoms. The number of anilines is 1. The van der Waals surface area contributed by atoms with Gasteiger partial charge in [0.15, 0.2) is 5.78 Å². The van der Waals surface area contributed by atoms with Crippen molar-refractivity contribution in [2.45, 2.75) is 0 Å². The Hall–Kier alpha value is -2.09. The Morgan fingerprint density at radius 2 is 1.47 bits per heavy atom. The van der Waals surface area contributed by atoms with E-state index in [2.05, 4.69) is 0 Å². The predicted octanol–water partition coefficient (Wildman–Crippen LogP) is 2.48. The highest BCUT2D eigenvalue weighted by Crippen LogP contribution is 2.39. The molecular formula is C13H9NO. The van der Waals surface area contributed by atoms with E-state index in [-0.39, 0.29) is 5.78 Å². The number of hydrogen-bond donors (Lipinski definition) is 1. The summed E-state index contributed by atoms with van der Waals surface area (Å²) in [7, 11) is 0. The van der Waals surface area contributed by atoms with Gasteiger partial charge in [-0.3, -0.25) is 4.79 Å². The van der Waals surface area contributed by atoms with Crippen LogP contribution in [0, 0.1) is 0 Å². The average molecular weight is 195 g/mol. The van der Waals surface area contributed by atoms with Gasteiger partial charge in [0.2, 0.25) is 0 Å². The Kier molecular flexibility index (Phi) is 1.48. The second-order valence-electron chi connectivity index (χ2n) is 3.64. The lowest BCUT2D eigenvalue weighted by Crippen LogP contribution is -1.95. The quantitative estimate of drug-likeness (QED) is 0.560. The number of carbonyl (C=O) groups is 1. The summed E-state index contributed by atoms with van der Waals surface area (Å²) in [6.07, 6.45) is 0. The van der Waals surface area contributed by atoms with Crippen molar-refractivity contribution in [3.63, 3.8) is 0 Å². The Balaban J connectivity index is 2.45. The lowest BCUT2D eigenvalue weighted by Gasteiger charge is -2.02. The van der Waals surface area contributed by atoms with Gasteiger partial charge in [0.05, 0.1) is 0 Å². The van der Waals surface area contributed by atoms with E-state index in [9.17, 15) is 4.79 Å². The van der Waals surface area contributed by atoms with E-state index in [0.717, 1.165) is 22.3 Å². The van der Waals surface area contributed by atoms with Crippen molar-refractivity contribution in [1.82, 2.24) is 0 Å². The molecule has 1 aliphatic carbocycles. The highest BCUT2D eigenvalue weighted by atomic mass is 16.1. The van der Waals surface area contributed by atoms with Gasteiger partial charge < -0.3 is 5.73 Å². The van der Waals surface area contributed by atoms with E-state index in [1.807, 2.05) is 42.5 Å². The Labute approximate surface area is 87.3 Å². The van der Waals surface area contributed by atoms with Crippen molar-refractivity contribution in [1.29, 1.82) is 0 Å². The molecule has 2 nitrogen and oxygen atoms in total. The summed E-state index contributed by atoms with van der Waals surface area (Å²) in [6, 6.07) is 13.1. The molecule has 0 heterocycles. The standard InChI is InChI=1S/C13H9NO/c14-11-7-3-6-10-12(11)8-4-1-2-5-9(8)13(10)15/h1-7H,14H2. The van der Waals surface area contributed by atoms with Crippen LogP contribution in [-0.4, -0.2) is 5.78 Å². The van der Waals surface area contributed by atoms with Crippen molar-refractivity contribution < 1.29 is 4.79 Å². The first kappa shape index (κ1) is 8.24. The van der Waals surface area contributed by atoms with Crippen molar-refractivity contribution in [2.75, 3.05) is 5.73 Å². The van der Waals surface area contributed by atoms with Crippen LogP contribution in [0.2, 0.25) is 0 Å². The maximum Gasteiger partial charge on any atom is 0.194 e. The lowest BCUT2D eigenvalue weighted by atomic mass is 10.0. The molecule has 0 unspecified atom stereocenters. The Morgan fingerprint density at radius 3 is 2.27 bits per heavy atom. The number of hydrogen-bond acceptors (Lipinski definition) is 2. The molecule has 0 fully saturated rings. The van der Waals surface area contributed by atoms with Gasteiger partial charge in [-0.1, -0.05) is 36.4 Å². The maximum absolute atomic E-state index is 12.0. The molecule has 0 atom stereocenters. The van der Waals surface area contributed by atoms with Crippen molar-refractivity contribution in [3.8, 4) is 11.1 Å². The van der Waals surface area contributed by atoms with Gasteiger partial charge in [-0.2, -0.15) is 0 Å². The first-order chi connectivity index (χ1) is 7.29. The summed E-state index contributed by atoms with van der Waals surface area (Å²) in [4.78, 5) is 12.0. The minimum absolute atomic E-state index is 0.0768. The fourth-order valence-electron chi connectivity index (χ4n) is 2.10. The predicted molar refractivity (Wildman–Crippen MR) is 59.7 cm³/mol. The van der Waals surface area contributed by atoms with Gasteiger partial charge in [-0.25, -0.2) is 0 Å². The van der Waals surface area contributed by atoms with Crippen molar-refractivity contribution in [2.24, 2.45) is 0 Å². The van der Waals surface area contributed by atoms with Crippen LogP contribution in [0.15, 0.2) is 42.5 Å². The molecule has 72 valence electrons. The third-order valence-corrected chi connectivity index (χ3v) is 2.78. The lowest BCUT2D eigenvalue weighted by molar-refractivity contribution is 0.104. The minimum atomic E-state index is 0.0768. The number of fused-ring (bicyclic) bond motifs is 3. The molecule has 0 radical (unpaired) electrons. The molecule has 0 amide bonds. The fraction of sp³-hybridized carbons (Fsp3) is 0. The van der Waals surface area contributed by atoms with Crippen LogP contribution in [0.3, 0.4) is 0 Å². The molecule has 0 aliphatic heterocycles. The molecule has 0 saturated heterocycles. The van der Waals surface area contributed by atoms with E-state index >= 15 is 0 Å². The summed E-state index contributed by atoms with van der Waals surface area (Å²) in [5, 5.41) is 0. The number of carbonyl (C=O) groups excluding carboxylic acids is 1. The van der Waals surface area contributed by atoms with Crippen LogP contribution >= 0.6 is 0 Å². The normalized spacial score (nSPS) is 12.4. The topological polar surface area (TPSA) is 43.1 Å². The van der Waals surface area contributed by atoms with E-state index in [0.29, 0.717) is 5.69 Å². The van der Waals surface area contributed by atoms with Gasteiger partial charge in [0, 0.05) is 22.4 Å². The van der Waals surface area contributed by atoms with E-state index in [1.165, 1.54) is 0 Å². The highest BCUT2D eigenvalue weighted by Gasteiger charge is 2.27. The van der Waals surface area contributed by atoms with E-state index in [1.54, 1.807) is 0 Å². The maximum atomic E-state index is 12.0. The number of nitrogens with two attached hydrogens (primary N) is 1. The SMILES string of the molecule is Nc1cccc2c1-c1ccccc1C2=O. The van der Waals surface area contributed by atoms with E-state index in [4.69, 9.17) is 5.73 Å². The first-order valence-electron chi connectivity index (χ1n) is 4.81. The summed E-state index contributed by atoms with van der Waals surface area (Å²) < 4.78 is 0. The second-order valence-corrected chi connectivity index (χ2v) is 3.64. The number of rotatable bonds is 0. The molecule has 2 aromatic rings. The Morgan fingerprint density at radius 1 is 0.800 bits per heavy atom. The largest absolute Gasteiger partial charge is 0.398 e. The van der Waals surface area contributed by atoms with Crippen molar-refractivity contribution in [3.05, 3.63) is 53.6 Å². The van der Waals surface area contributed by atoms with Crippen LogP contribution in [0.25, 0.3) is 11.1 Å². The third-order valence-electron chi connectivity index (χ3n) is 2.78. The molecule has 2 N–H and O–H groups in total. The van der Waals surface area contributed by atoms with Gasteiger partial charge in [-0.05, 0) is 11.6 Å². The van der Waals surface area contributed by atoms with Crippen LogP contribution in [0.1, 0.15) is 15.9 Å². The average Bonchev–Trinajstić information content (AvgIpc) is 2.55. The minimum Gasteiger partial charge on any atom is -0.398 e. The smallest absolute Gasteiger partial charge is 0.194 e. The fourth-order valence-corrected chi connectivity index (χ4v) is 2.10. The monoisotopic (exact) mass is 195 g/mol. The van der Waals surface area contributed by atoms with Crippen LogP contribution in [-0.2, 0) is 0 Å². The van der Waals surface area contributed by atoms with Crippen LogP contribution in [0.5, 0.6) is 0 Å². The van der Waals surface area contributed by atoms with Crippen LogP contribution < -0.4 is 5.73 Å². The van der Waals surface area contributed by atoms with Gasteiger partial charge in [-0.15, -0.1) is 0 Å². The summed E-state index contributed by atoms with van der Waals surface area (Å²) >= 11 is 0. The molecule has 2 heteroatoms. The zero-order valence-electron chi connectivity index (χ0n) is 8.03. The Bertz CT molecular complexity index is 572. The number of ketones is 1. The zero-order valence-corrected chi connectivity index (χ0v) is 8.03. The van der Waals surface area contributed by atoms with Gasteiger partial charge in [0.25, 0.3) is 0 Å². The molecule has 0 aromatic heterocycles. The summed E-state index contributed by atoms with van der Waals surface area (Å²) in [5.74, 6) is 0.0768. The molecular weight excluding hydrogens is 186 g/mol. The molecule has 3 rings (SSSR count). The van der Waals surface area contributed by atoms with E-state index < -0.39 is 0 Å². The molecule has 2 aromatic carbocycles. The van der Waals surface area contributed by atoms with Crippen molar-refractivity contribution >= 4 is 11.5 Å². The summed E-state index contributed by atoms with van der Waals surface area (Å²) in [5.41, 5.74) is 9.88. The van der Waals surface area contributed by atoms with Crippen LogP contribution in [0.4, 0.5) is 5.69 Å². The first-order valence-corrected chi connectivity index (χ1v) is 4.81. The zero-order chi connectivity index (χ0) is 10.4. The summed E-state index contributed by atoms with van der Waals surface area (Å²) in [6.45, 7) is 0. The molecule has 1 aliphatic rings. The third kappa shape index (κ3) is 0.960. The van der Waals surface area contributed by atoms with Gasteiger partial charge >= 0.3 is 0 Å². The van der Waals surface area contributed by atoms with Gasteiger partial charge in [0.1, 0.15) is 0 Å². The highest BCUT2D eigenvalue weighted by molar-refractivity contribution is 6.23.